The average Bonchev–Trinajstić information content (AvgIpc) is 2.66. The van der Waals surface area contributed by atoms with Crippen LogP contribution in [0.1, 0.15) is 15.9 Å². The van der Waals surface area contributed by atoms with Crippen LogP contribution in [0.3, 0.4) is 0 Å². The largest absolute Gasteiger partial charge is 0.388 e. The number of carbonyl (C=O) groups is 1. The number of nitrogens with one attached hydrogen (secondary N) is 2. The van der Waals surface area contributed by atoms with E-state index in [4.69, 9.17) is 4.74 Å². The van der Waals surface area contributed by atoms with Crippen LogP contribution < -0.4 is 16.6 Å². The van der Waals surface area contributed by atoms with E-state index < -0.39 is 47.3 Å². The lowest BCUT2D eigenvalue weighted by molar-refractivity contribution is -0.152. The molecular weight excluding hydrogens is 373 g/mol. The smallest absolute Gasteiger partial charge is 0.328 e. The van der Waals surface area contributed by atoms with E-state index >= 15 is 0 Å². The molecule has 3 rings (SSSR count). The van der Waals surface area contributed by atoms with Crippen molar-refractivity contribution in [3.63, 3.8) is 0 Å². The standard InChI is InChI=1S/C18H20FN3O6/c1-9-6-22(18(27)21-16(9)25)7-13-15(24)14(23)12(8-28-13)20-17(26)10-2-4-11(19)5-3-10/h2-6,12-15,23-24H,7-8H2,1H3,(H,20,26)(H,21,25,27)/t12-,13-,14+,15-/m1/s1. The van der Waals surface area contributed by atoms with Gasteiger partial charge in [-0.1, -0.05) is 0 Å². The lowest BCUT2D eigenvalue weighted by atomic mass is 9.97. The molecule has 1 aromatic heterocycles. The minimum absolute atomic E-state index is 0.0900. The van der Waals surface area contributed by atoms with E-state index in [1.807, 2.05) is 0 Å². The first-order valence-electron chi connectivity index (χ1n) is 8.61. The molecule has 1 aromatic carbocycles. The van der Waals surface area contributed by atoms with Gasteiger partial charge in [-0.05, 0) is 31.2 Å². The summed E-state index contributed by atoms with van der Waals surface area (Å²) < 4.78 is 19.6. The lowest BCUT2D eigenvalue weighted by Gasteiger charge is -2.38. The number of carbonyl (C=O) groups excluding carboxylic acids is 1. The van der Waals surface area contributed by atoms with Crippen LogP contribution in [0.4, 0.5) is 4.39 Å². The summed E-state index contributed by atoms with van der Waals surface area (Å²) in [5, 5.41) is 23.2. The highest BCUT2D eigenvalue weighted by atomic mass is 19.1. The summed E-state index contributed by atoms with van der Waals surface area (Å²) in [6, 6.07) is 3.97. The first-order chi connectivity index (χ1) is 13.3. The van der Waals surface area contributed by atoms with Crippen LogP contribution in [-0.4, -0.2) is 56.6 Å². The quantitative estimate of drug-likeness (QED) is 0.521. The highest BCUT2D eigenvalue weighted by molar-refractivity contribution is 5.94. The molecule has 10 heteroatoms. The zero-order chi connectivity index (χ0) is 20.4. The second-order valence-corrected chi connectivity index (χ2v) is 6.66. The Labute approximate surface area is 158 Å². The number of hydrogen-bond acceptors (Lipinski definition) is 6. The normalized spacial score (nSPS) is 24.7. The Kier molecular flexibility index (Phi) is 5.73. The van der Waals surface area contributed by atoms with E-state index in [2.05, 4.69) is 10.3 Å². The molecule has 1 amide bonds. The van der Waals surface area contributed by atoms with E-state index in [0.717, 1.165) is 12.1 Å². The van der Waals surface area contributed by atoms with Gasteiger partial charge in [0, 0.05) is 17.3 Å². The van der Waals surface area contributed by atoms with Gasteiger partial charge in [0.1, 0.15) is 24.1 Å². The van der Waals surface area contributed by atoms with Crippen LogP contribution >= 0.6 is 0 Å². The van der Waals surface area contributed by atoms with Crippen LogP contribution in [0.2, 0.25) is 0 Å². The number of nitrogens with zero attached hydrogens (tertiary/aromatic N) is 1. The van der Waals surface area contributed by atoms with Gasteiger partial charge in [0.25, 0.3) is 11.5 Å². The fourth-order valence-corrected chi connectivity index (χ4v) is 2.97. The van der Waals surface area contributed by atoms with Crippen molar-refractivity contribution in [2.75, 3.05) is 6.61 Å². The van der Waals surface area contributed by atoms with E-state index in [-0.39, 0.29) is 18.7 Å². The number of rotatable bonds is 4. The maximum Gasteiger partial charge on any atom is 0.328 e. The Bertz CT molecular complexity index is 971. The molecule has 0 saturated carbocycles. The first-order valence-corrected chi connectivity index (χ1v) is 8.61. The molecule has 4 atom stereocenters. The summed E-state index contributed by atoms with van der Waals surface area (Å²) in [5.41, 5.74) is -0.655. The minimum Gasteiger partial charge on any atom is -0.388 e. The molecule has 0 radical (unpaired) electrons. The molecule has 0 spiro atoms. The second-order valence-electron chi connectivity index (χ2n) is 6.66. The lowest BCUT2D eigenvalue weighted by Crippen LogP contribution is -2.60. The molecular formula is C18H20FN3O6. The summed E-state index contributed by atoms with van der Waals surface area (Å²) in [6.45, 7) is 1.34. The third kappa shape index (κ3) is 4.19. The zero-order valence-electron chi connectivity index (χ0n) is 15.0. The van der Waals surface area contributed by atoms with Crippen molar-refractivity contribution in [2.24, 2.45) is 0 Å². The maximum atomic E-state index is 13.0. The molecule has 28 heavy (non-hydrogen) atoms. The Hall–Kier alpha value is -2.82. The zero-order valence-corrected chi connectivity index (χ0v) is 15.0. The SMILES string of the molecule is Cc1cn(C[C@H]2OC[C@@H](NC(=O)c3ccc(F)cc3)[C@H](O)[C@@H]2O)c(=O)[nH]c1=O. The van der Waals surface area contributed by atoms with Gasteiger partial charge in [0.15, 0.2) is 0 Å². The van der Waals surface area contributed by atoms with Crippen molar-refractivity contribution in [3.8, 4) is 0 Å². The summed E-state index contributed by atoms with van der Waals surface area (Å²) >= 11 is 0. The van der Waals surface area contributed by atoms with Crippen molar-refractivity contribution in [1.82, 2.24) is 14.9 Å². The number of halogens is 1. The Morgan fingerprint density at radius 3 is 2.64 bits per heavy atom. The van der Waals surface area contributed by atoms with Crippen LogP contribution in [0.15, 0.2) is 40.1 Å². The monoisotopic (exact) mass is 393 g/mol. The molecule has 1 fully saturated rings. The van der Waals surface area contributed by atoms with Crippen LogP contribution in [0.5, 0.6) is 0 Å². The van der Waals surface area contributed by atoms with E-state index in [9.17, 15) is 29.0 Å². The van der Waals surface area contributed by atoms with Gasteiger partial charge in [0.05, 0.1) is 19.2 Å². The minimum atomic E-state index is -1.38. The molecule has 0 aliphatic carbocycles. The molecule has 0 unspecified atom stereocenters. The molecule has 150 valence electrons. The van der Waals surface area contributed by atoms with Crippen LogP contribution in [0, 0.1) is 12.7 Å². The van der Waals surface area contributed by atoms with Crippen molar-refractivity contribution in [3.05, 3.63) is 68.2 Å². The number of aromatic nitrogens is 2. The van der Waals surface area contributed by atoms with E-state index in [0.29, 0.717) is 5.56 Å². The number of hydrogen-bond donors (Lipinski definition) is 4. The summed E-state index contributed by atoms with van der Waals surface area (Å²) in [5.74, 6) is -1.03. The topological polar surface area (TPSA) is 134 Å². The molecule has 1 aliphatic heterocycles. The predicted octanol–water partition coefficient (Wildman–Crippen LogP) is -1.10. The molecule has 2 aromatic rings. The summed E-state index contributed by atoms with van der Waals surface area (Å²) in [4.78, 5) is 37.7. The molecule has 1 saturated heterocycles. The van der Waals surface area contributed by atoms with Gasteiger partial charge in [-0.3, -0.25) is 19.1 Å². The summed E-state index contributed by atoms with van der Waals surface area (Å²) in [6.07, 6.45) is -2.31. The number of ether oxygens (including phenoxy) is 1. The predicted molar refractivity (Wildman–Crippen MR) is 95.5 cm³/mol. The third-order valence-electron chi connectivity index (χ3n) is 4.62. The number of benzene rings is 1. The second kappa shape index (κ2) is 8.05. The number of H-pyrrole nitrogens is 1. The van der Waals surface area contributed by atoms with Crippen LogP contribution in [0.25, 0.3) is 0 Å². The van der Waals surface area contributed by atoms with Crippen molar-refractivity contribution >= 4 is 5.91 Å². The fraction of sp³-hybridized carbons (Fsp3) is 0.389. The first kappa shape index (κ1) is 19.9. The van der Waals surface area contributed by atoms with E-state index in [1.54, 1.807) is 0 Å². The number of aryl methyl sites for hydroxylation is 1. The average molecular weight is 393 g/mol. The fourth-order valence-electron chi connectivity index (χ4n) is 2.97. The number of aliphatic hydroxyl groups excluding tert-OH is 2. The molecule has 0 bridgehead atoms. The molecule has 9 nitrogen and oxygen atoms in total. The number of aromatic amines is 1. The van der Waals surface area contributed by atoms with Crippen LogP contribution in [-0.2, 0) is 11.3 Å². The maximum absolute atomic E-state index is 13.0. The highest BCUT2D eigenvalue weighted by Gasteiger charge is 2.39. The molecule has 2 heterocycles. The van der Waals surface area contributed by atoms with E-state index in [1.165, 1.54) is 29.8 Å². The van der Waals surface area contributed by atoms with Gasteiger partial charge in [0.2, 0.25) is 0 Å². The van der Waals surface area contributed by atoms with Gasteiger partial charge in [-0.25, -0.2) is 9.18 Å². The van der Waals surface area contributed by atoms with Gasteiger partial charge in [-0.15, -0.1) is 0 Å². The van der Waals surface area contributed by atoms with Crippen molar-refractivity contribution in [1.29, 1.82) is 0 Å². The Morgan fingerprint density at radius 2 is 1.96 bits per heavy atom. The third-order valence-corrected chi connectivity index (χ3v) is 4.62. The van der Waals surface area contributed by atoms with Gasteiger partial charge in [-0.2, -0.15) is 0 Å². The highest BCUT2D eigenvalue weighted by Crippen LogP contribution is 2.17. The number of aliphatic hydroxyl groups is 2. The van der Waals surface area contributed by atoms with Gasteiger partial charge >= 0.3 is 5.69 Å². The Balaban J connectivity index is 1.66. The van der Waals surface area contributed by atoms with Gasteiger partial charge < -0.3 is 20.3 Å². The van der Waals surface area contributed by atoms with Crippen molar-refractivity contribution < 1.29 is 24.1 Å². The van der Waals surface area contributed by atoms with Crippen molar-refractivity contribution in [2.45, 2.75) is 37.8 Å². The molecule has 1 aliphatic rings. The Morgan fingerprint density at radius 1 is 1.29 bits per heavy atom. The number of amides is 1. The summed E-state index contributed by atoms with van der Waals surface area (Å²) in [7, 11) is 0. The molecule has 4 N–H and O–H groups in total.